The summed E-state index contributed by atoms with van der Waals surface area (Å²) < 4.78 is 2.11. The van der Waals surface area contributed by atoms with Crippen LogP contribution >= 0.6 is 11.8 Å². The van der Waals surface area contributed by atoms with Crippen molar-refractivity contribution in [1.29, 1.82) is 0 Å². The van der Waals surface area contributed by atoms with E-state index in [1.54, 1.807) is 12.1 Å². The molecule has 1 fully saturated rings. The van der Waals surface area contributed by atoms with Crippen LogP contribution in [0.5, 0.6) is 0 Å². The van der Waals surface area contributed by atoms with E-state index in [1.165, 1.54) is 11.8 Å². The maximum atomic E-state index is 12.7. The van der Waals surface area contributed by atoms with Gasteiger partial charge in [0.15, 0.2) is 5.16 Å². The van der Waals surface area contributed by atoms with Crippen molar-refractivity contribution in [3.63, 3.8) is 0 Å². The van der Waals surface area contributed by atoms with Gasteiger partial charge in [-0.2, -0.15) is 0 Å². The van der Waals surface area contributed by atoms with Crippen LogP contribution in [-0.4, -0.2) is 33.2 Å². The van der Waals surface area contributed by atoms with Crippen molar-refractivity contribution in [3.8, 4) is 0 Å². The Morgan fingerprint density at radius 2 is 1.83 bits per heavy atom. The molecule has 1 saturated carbocycles. The van der Waals surface area contributed by atoms with Crippen LogP contribution in [0.4, 0.5) is 5.69 Å². The van der Waals surface area contributed by atoms with Gasteiger partial charge >= 0.3 is 0 Å². The molecular formula is C23H26N4O2S. The first-order valence-corrected chi connectivity index (χ1v) is 11.4. The van der Waals surface area contributed by atoms with Crippen LogP contribution in [-0.2, 0) is 11.3 Å². The number of aryl methyl sites for hydroxylation is 1. The largest absolute Gasteiger partial charge is 0.349 e. The zero-order chi connectivity index (χ0) is 20.9. The number of hydrogen-bond donors (Lipinski definition) is 2. The molecule has 1 heterocycles. The minimum atomic E-state index is -0.157. The Kier molecular flexibility index (Phi) is 6.38. The number of thioether (sulfide) groups is 1. The number of aromatic nitrogens is 2. The van der Waals surface area contributed by atoms with Gasteiger partial charge in [0.1, 0.15) is 0 Å². The van der Waals surface area contributed by atoms with Crippen LogP contribution in [0.2, 0.25) is 0 Å². The monoisotopic (exact) mass is 422 g/mol. The average molecular weight is 423 g/mol. The lowest BCUT2D eigenvalue weighted by molar-refractivity contribution is -0.113. The van der Waals surface area contributed by atoms with Crippen molar-refractivity contribution >= 4 is 40.3 Å². The summed E-state index contributed by atoms with van der Waals surface area (Å²) in [5, 5.41) is 6.81. The summed E-state index contributed by atoms with van der Waals surface area (Å²) in [6.07, 6.45) is 4.36. The van der Waals surface area contributed by atoms with E-state index in [9.17, 15) is 9.59 Å². The molecule has 1 aliphatic carbocycles. The highest BCUT2D eigenvalue weighted by molar-refractivity contribution is 7.99. The average Bonchev–Trinajstić information content (AvgIpc) is 3.39. The Balaban J connectivity index is 1.42. The van der Waals surface area contributed by atoms with Gasteiger partial charge in [-0.3, -0.25) is 9.59 Å². The SMILES string of the molecule is CCn1c(SCC(=O)Nc2ccccc2C(=O)NC2CCCC2)nc2ccccc21. The third kappa shape index (κ3) is 4.51. The molecule has 1 aliphatic rings. The lowest BCUT2D eigenvalue weighted by Crippen LogP contribution is -2.33. The Hall–Kier alpha value is -2.80. The first-order valence-electron chi connectivity index (χ1n) is 10.4. The molecule has 0 radical (unpaired) electrons. The number of nitrogens with zero attached hydrogens (tertiary/aromatic N) is 2. The maximum Gasteiger partial charge on any atom is 0.253 e. The van der Waals surface area contributed by atoms with Gasteiger partial charge in [-0.05, 0) is 44.0 Å². The Morgan fingerprint density at radius 1 is 1.10 bits per heavy atom. The van der Waals surface area contributed by atoms with E-state index >= 15 is 0 Å². The summed E-state index contributed by atoms with van der Waals surface area (Å²) in [5.41, 5.74) is 3.04. The Bertz CT molecular complexity index is 1060. The fourth-order valence-electron chi connectivity index (χ4n) is 3.91. The van der Waals surface area contributed by atoms with Crippen molar-refractivity contribution < 1.29 is 9.59 Å². The van der Waals surface area contributed by atoms with Gasteiger partial charge in [-0.15, -0.1) is 0 Å². The number of fused-ring (bicyclic) bond motifs is 1. The summed E-state index contributed by atoms with van der Waals surface area (Å²) in [6, 6.07) is 15.4. The van der Waals surface area contributed by atoms with Crippen molar-refractivity contribution in [2.75, 3.05) is 11.1 Å². The molecule has 0 bridgehead atoms. The minimum absolute atomic E-state index is 0.127. The quantitative estimate of drug-likeness (QED) is 0.551. The topological polar surface area (TPSA) is 76.0 Å². The minimum Gasteiger partial charge on any atom is -0.349 e. The predicted molar refractivity (Wildman–Crippen MR) is 121 cm³/mol. The molecule has 2 N–H and O–H groups in total. The van der Waals surface area contributed by atoms with Crippen LogP contribution in [0, 0.1) is 0 Å². The number of nitrogens with one attached hydrogen (secondary N) is 2. The standard InChI is InChI=1S/C23H26N4O2S/c1-2-27-20-14-8-7-13-19(20)26-23(27)30-15-21(28)25-18-12-6-5-11-17(18)22(29)24-16-9-3-4-10-16/h5-8,11-14,16H,2-4,9-10,15H2,1H3,(H,24,29)(H,25,28). The van der Waals surface area contributed by atoms with Crippen LogP contribution in [0.3, 0.4) is 0 Å². The molecule has 0 saturated heterocycles. The van der Waals surface area contributed by atoms with Gasteiger partial charge in [-0.25, -0.2) is 4.98 Å². The third-order valence-corrected chi connectivity index (χ3v) is 6.38. The summed E-state index contributed by atoms with van der Waals surface area (Å²) in [6.45, 7) is 2.85. The van der Waals surface area contributed by atoms with E-state index in [0.29, 0.717) is 11.3 Å². The molecule has 3 aromatic rings. The van der Waals surface area contributed by atoms with Gasteiger partial charge in [0.25, 0.3) is 5.91 Å². The zero-order valence-electron chi connectivity index (χ0n) is 17.1. The Morgan fingerprint density at radius 3 is 2.63 bits per heavy atom. The molecule has 7 heteroatoms. The van der Waals surface area contributed by atoms with E-state index in [1.807, 2.05) is 36.4 Å². The molecule has 1 aromatic heterocycles. The molecule has 30 heavy (non-hydrogen) atoms. The van der Waals surface area contributed by atoms with E-state index in [2.05, 4.69) is 27.1 Å². The maximum absolute atomic E-state index is 12.7. The number of carbonyl (C=O) groups excluding carboxylic acids is 2. The highest BCUT2D eigenvalue weighted by Gasteiger charge is 2.20. The molecule has 0 atom stereocenters. The van der Waals surface area contributed by atoms with Crippen molar-refractivity contribution in [2.45, 2.75) is 50.4 Å². The van der Waals surface area contributed by atoms with Crippen molar-refractivity contribution in [2.24, 2.45) is 0 Å². The number of amides is 2. The van der Waals surface area contributed by atoms with Crippen LogP contribution in [0.1, 0.15) is 43.0 Å². The van der Waals surface area contributed by atoms with E-state index in [0.717, 1.165) is 48.4 Å². The number of carbonyl (C=O) groups is 2. The fraction of sp³-hybridized carbons (Fsp3) is 0.348. The van der Waals surface area contributed by atoms with E-state index in [-0.39, 0.29) is 23.6 Å². The van der Waals surface area contributed by atoms with E-state index < -0.39 is 0 Å². The molecular weight excluding hydrogens is 396 g/mol. The van der Waals surface area contributed by atoms with Gasteiger partial charge in [0.05, 0.1) is 28.0 Å². The second-order valence-corrected chi connectivity index (χ2v) is 8.41. The first-order chi connectivity index (χ1) is 14.7. The lowest BCUT2D eigenvalue weighted by atomic mass is 10.1. The zero-order valence-corrected chi connectivity index (χ0v) is 17.9. The van der Waals surface area contributed by atoms with Gasteiger partial charge in [0.2, 0.25) is 5.91 Å². The number of imidazole rings is 1. The molecule has 6 nitrogen and oxygen atoms in total. The normalized spacial score (nSPS) is 14.2. The number of rotatable bonds is 7. The van der Waals surface area contributed by atoms with Gasteiger partial charge < -0.3 is 15.2 Å². The number of anilines is 1. The Labute approximate surface area is 180 Å². The van der Waals surface area contributed by atoms with Crippen LogP contribution in [0.15, 0.2) is 53.7 Å². The first kappa shape index (κ1) is 20.5. The summed E-state index contributed by atoms with van der Waals surface area (Å²) >= 11 is 1.40. The lowest BCUT2D eigenvalue weighted by Gasteiger charge is -2.15. The molecule has 2 amide bonds. The second kappa shape index (κ2) is 9.34. The van der Waals surface area contributed by atoms with Crippen LogP contribution < -0.4 is 10.6 Å². The summed E-state index contributed by atoms with van der Waals surface area (Å²) in [7, 11) is 0. The third-order valence-electron chi connectivity index (χ3n) is 5.40. The fourth-order valence-corrected chi connectivity index (χ4v) is 4.79. The highest BCUT2D eigenvalue weighted by atomic mass is 32.2. The van der Waals surface area contributed by atoms with E-state index in [4.69, 9.17) is 0 Å². The van der Waals surface area contributed by atoms with Gasteiger partial charge in [-0.1, -0.05) is 48.9 Å². The molecule has 0 spiro atoms. The summed E-state index contributed by atoms with van der Waals surface area (Å²) in [5.74, 6) is -0.0592. The number of hydrogen-bond acceptors (Lipinski definition) is 4. The molecule has 0 aliphatic heterocycles. The second-order valence-electron chi connectivity index (χ2n) is 7.46. The van der Waals surface area contributed by atoms with Crippen molar-refractivity contribution in [3.05, 3.63) is 54.1 Å². The molecule has 2 aromatic carbocycles. The molecule has 4 rings (SSSR count). The van der Waals surface area contributed by atoms with Gasteiger partial charge in [0, 0.05) is 12.6 Å². The smallest absolute Gasteiger partial charge is 0.253 e. The predicted octanol–water partition coefficient (Wildman–Crippen LogP) is 4.46. The molecule has 0 unspecified atom stereocenters. The van der Waals surface area contributed by atoms with Crippen LogP contribution in [0.25, 0.3) is 11.0 Å². The summed E-state index contributed by atoms with van der Waals surface area (Å²) in [4.78, 5) is 30.0. The van der Waals surface area contributed by atoms with Crippen molar-refractivity contribution in [1.82, 2.24) is 14.9 Å². The highest BCUT2D eigenvalue weighted by Crippen LogP contribution is 2.25. The number of benzene rings is 2. The molecule has 156 valence electrons. The number of para-hydroxylation sites is 3.